The second kappa shape index (κ2) is 4.84. The molecule has 1 heterocycles. The number of hydrogen-bond acceptors (Lipinski definition) is 4. The smallest absolute Gasteiger partial charge is 0.242 e. The molecule has 0 aliphatic heterocycles. The highest BCUT2D eigenvalue weighted by Gasteiger charge is 2.16. The van der Waals surface area contributed by atoms with Crippen molar-refractivity contribution in [2.24, 2.45) is 0 Å². The Morgan fingerprint density at radius 2 is 2.11 bits per heavy atom. The van der Waals surface area contributed by atoms with Gasteiger partial charge in [0.1, 0.15) is 4.90 Å². The Hall–Kier alpha value is -1.57. The predicted molar refractivity (Wildman–Crippen MR) is 74.0 cm³/mol. The molecule has 0 aliphatic rings. The zero-order valence-electron chi connectivity index (χ0n) is 10.4. The first-order valence-electron chi connectivity index (χ1n) is 5.40. The average molecular weight is 301 g/mol. The minimum absolute atomic E-state index is 0.0359. The SMILES string of the molecule is CNS(=O)(=O)c1ccc(-n2cc(Cl)c(C)n2)cc1N. The summed E-state index contributed by atoms with van der Waals surface area (Å²) in [5.41, 5.74) is 7.25. The number of nitrogens with one attached hydrogen (secondary N) is 1. The van der Waals surface area contributed by atoms with Crippen molar-refractivity contribution in [2.75, 3.05) is 12.8 Å². The van der Waals surface area contributed by atoms with E-state index >= 15 is 0 Å². The standard InChI is InChI=1S/C11H13ClN4O2S/c1-7-9(12)6-16(15-7)8-3-4-11(10(13)5-8)19(17,18)14-2/h3-6,14H,13H2,1-2H3. The van der Waals surface area contributed by atoms with Crippen LogP contribution >= 0.6 is 11.6 Å². The summed E-state index contributed by atoms with van der Waals surface area (Å²) < 4.78 is 27.2. The largest absolute Gasteiger partial charge is 0.398 e. The summed E-state index contributed by atoms with van der Waals surface area (Å²) in [6.45, 7) is 1.78. The first-order chi connectivity index (χ1) is 8.85. The molecule has 0 fully saturated rings. The Morgan fingerprint density at radius 1 is 1.42 bits per heavy atom. The predicted octanol–water partition coefficient (Wildman–Crippen LogP) is 1.32. The molecule has 2 aromatic rings. The lowest BCUT2D eigenvalue weighted by atomic mass is 10.3. The van der Waals surface area contributed by atoms with E-state index in [1.54, 1.807) is 23.9 Å². The van der Waals surface area contributed by atoms with Gasteiger partial charge in [0.2, 0.25) is 10.0 Å². The number of aryl methyl sites for hydroxylation is 1. The number of aromatic nitrogens is 2. The molecular weight excluding hydrogens is 288 g/mol. The number of rotatable bonds is 3. The number of sulfonamides is 1. The van der Waals surface area contributed by atoms with Gasteiger partial charge in [-0.15, -0.1) is 0 Å². The maximum Gasteiger partial charge on any atom is 0.242 e. The summed E-state index contributed by atoms with van der Waals surface area (Å²) in [6.07, 6.45) is 1.64. The lowest BCUT2D eigenvalue weighted by Gasteiger charge is -2.08. The number of halogens is 1. The third-order valence-corrected chi connectivity index (χ3v) is 4.51. The van der Waals surface area contributed by atoms with Gasteiger partial charge in [-0.25, -0.2) is 17.8 Å². The van der Waals surface area contributed by atoms with Gasteiger partial charge in [-0.2, -0.15) is 5.10 Å². The zero-order chi connectivity index (χ0) is 14.2. The highest BCUT2D eigenvalue weighted by atomic mass is 35.5. The van der Waals surface area contributed by atoms with Crippen LogP contribution in [0.25, 0.3) is 5.69 Å². The molecule has 0 amide bonds. The molecular formula is C11H13ClN4O2S. The van der Waals surface area contributed by atoms with Gasteiger partial charge >= 0.3 is 0 Å². The summed E-state index contributed by atoms with van der Waals surface area (Å²) in [5, 5.41) is 4.73. The molecule has 1 aromatic carbocycles. The summed E-state index contributed by atoms with van der Waals surface area (Å²) in [4.78, 5) is 0.0359. The second-order valence-electron chi connectivity index (χ2n) is 3.94. The van der Waals surface area contributed by atoms with E-state index < -0.39 is 10.0 Å². The van der Waals surface area contributed by atoms with E-state index in [-0.39, 0.29) is 10.6 Å². The van der Waals surface area contributed by atoms with Crippen LogP contribution in [0.2, 0.25) is 5.02 Å². The van der Waals surface area contributed by atoms with Crippen molar-refractivity contribution in [3.63, 3.8) is 0 Å². The highest BCUT2D eigenvalue weighted by molar-refractivity contribution is 7.89. The van der Waals surface area contributed by atoms with E-state index in [4.69, 9.17) is 17.3 Å². The van der Waals surface area contributed by atoms with Gasteiger partial charge in [0.15, 0.2) is 0 Å². The van der Waals surface area contributed by atoms with Gasteiger partial charge < -0.3 is 5.73 Å². The van der Waals surface area contributed by atoms with Gasteiger partial charge in [0.25, 0.3) is 0 Å². The van der Waals surface area contributed by atoms with E-state index in [9.17, 15) is 8.42 Å². The third-order valence-electron chi connectivity index (χ3n) is 2.66. The minimum Gasteiger partial charge on any atom is -0.398 e. The van der Waals surface area contributed by atoms with Gasteiger partial charge in [-0.3, -0.25) is 0 Å². The Morgan fingerprint density at radius 3 is 2.58 bits per heavy atom. The topological polar surface area (TPSA) is 90.0 Å². The monoisotopic (exact) mass is 300 g/mol. The molecule has 0 spiro atoms. The van der Waals surface area contributed by atoms with Gasteiger partial charge in [0.05, 0.1) is 22.1 Å². The molecule has 19 heavy (non-hydrogen) atoms. The van der Waals surface area contributed by atoms with Crippen molar-refractivity contribution in [3.05, 3.63) is 35.1 Å². The molecule has 8 heteroatoms. The Kier molecular flexibility index (Phi) is 3.53. The maximum atomic E-state index is 11.7. The van der Waals surface area contributed by atoms with Crippen LogP contribution in [0.1, 0.15) is 5.69 Å². The van der Waals surface area contributed by atoms with Crippen LogP contribution in [-0.4, -0.2) is 25.2 Å². The second-order valence-corrected chi connectivity index (χ2v) is 6.20. The van der Waals surface area contributed by atoms with Crippen LogP contribution in [0, 0.1) is 6.92 Å². The van der Waals surface area contributed by atoms with Gasteiger partial charge in [-0.05, 0) is 32.2 Å². The fourth-order valence-corrected chi connectivity index (χ4v) is 2.57. The third kappa shape index (κ3) is 2.58. The molecule has 0 unspecified atom stereocenters. The van der Waals surface area contributed by atoms with Crippen LogP contribution in [-0.2, 0) is 10.0 Å². The molecule has 102 valence electrons. The number of nitrogens with two attached hydrogens (primary N) is 1. The number of nitrogen functional groups attached to an aromatic ring is 1. The van der Waals surface area contributed by atoms with E-state index in [2.05, 4.69) is 9.82 Å². The number of anilines is 1. The van der Waals surface area contributed by atoms with E-state index in [1.807, 2.05) is 0 Å². The van der Waals surface area contributed by atoms with E-state index in [1.165, 1.54) is 19.2 Å². The Labute approximate surface area is 116 Å². The first kappa shape index (κ1) is 13.9. The van der Waals surface area contributed by atoms with Crippen LogP contribution in [0.4, 0.5) is 5.69 Å². The minimum atomic E-state index is -3.56. The summed E-state index contributed by atoms with van der Waals surface area (Å²) in [6, 6.07) is 4.58. The van der Waals surface area contributed by atoms with Crippen LogP contribution in [0.15, 0.2) is 29.3 Å². The fourth-order valence-electron chi connectivity index (χ4n) is 1.60. The molecule has 0 saturated carbocycles. The molecule has 0 aliphatic carbocycles. The van der Waals surface area contributed by atoms with Crippen molar-refractivity contribution < 1.29 is 8.42 Å². The van der Waals surface area contributed by atoms with Crippen molar-refractivity contribution in [2.45, 2.75) is 11.8 Å². The molecule has 0 atom stereocenters. The molecule has 0 saturated heterocycles. The average Bonchev–Trinajstić information content (AvgIpc) is 2.69. The number of hydrogen-bond donors (Lipinski definition) is 2. The van der Waals surface area contributed by atoms with Crippen LogP contribution < -0.4 is 10.5 Å². The molecule has 3 N–H and O–H groups in total. The normalized spacial score (nSPS) is 11.7. The molecule has 2 rings (SSSR count). The van der Waals surface area contributed by atoms with Crippen molar-refractivity contribution in [3.8, 4) is 5.69 Å². The molecule has 1 aromatic heterocycles. The molecule has 6 nitrogen and oxygen atoms in total. The van der Waals surface area contributed by atoms with Crippen molar-refractivity contribution in [1.82, 2.24) is 14.5 Å². The Bertz CT molecular complexity index is 705. The quantitative estimate of drug-likeness (QED) is 0.837. The van der Waals surface area contributed by atoms with Crippen molar-refractivity contribution >= 4 is 27.3 Å². The lowest BCUT2D eigenvalue weighted by molar-refractivity contribution is 0.588. The number of benzene rings is 1. The Balaban J connectivity index is 2.50. The van der Waals surface area contributed by atoms with Crippen molar-refractivity contribution in [1.29, 1.82) is 0 Å². The molecule has 0 radical (unpaired) electrons. The summed E-state index contributed by atoms with van der Waals surface area (Å²) in [7, 11) is -2.23. The van der Waals surface area contributed by atoms with Crippen LogP contribution in [0.5, 0.6) is 0 Å². The van der Waals surface area contributed by atoms with E-state index in [0.29, 0.717) is 16.4 Å². The fraction of sp³-hybridized carbons (Fsp3) is 0.182. The van der Waals surface area contributed by atoms with E-state index in [0.717, 1.165) is 0 Å². The lowest BCUT2D eigenvalue weighted by Crippen LogP contribution is -2.20. The van der Waals surface area contributed by atoms with Crippen LogP contribution in [0.3, 0.4) is 0 Å². The molecule has 0 bridgehead atoms. The zero-order valence-corrected chi connectivity index (χ0v) is 12.0. The number of nitrogens with zero attached hydrogens (tertiary/aromatic N) is 2. The maximum absolute atomic E-state index is 11.7. The first-order valence-corrected chi connectivity index (χ1v) is 7.26. The summed E-state index contributed by atoms with van der Waals surface area (Å²) in [5.74, 6) is 0. The van der Waals surface area contributed by atoms with Gasteiger partial charge in [0, 0.05) is 6.20 Å². The summed E-state index contributed by atoms with van der Waals surface area (Å²) >= 11 is 5.92. The van der Waals surface area contributed by atoms with Gasteiger partial charge in [-0.1, -0.05) is 11.6 Å². The highest BCUT2D eigenvalue weighted by Crippen LogP contribution is 2.23.